The van der Waals surface area contributed by atoms with Crippen LogP contribution >= 0.6 is 0 Å². The monoisotopic (exact) mass is 302 g/mol. The van der Waals surface area contributed by atoms with Crippen LogP contribution in [0.1, 0.15) is 0 Å². The smallest absolute Gasteiger partial charge is 0.244 e. The SMILES string of the molecule is CN(C)c1cccc2c(S(=O)(=O)N3CC=CC3)cccc12. The van der Waals surface area contributed by atoms with E-state index >= 15 is 0 Å². The number of sulfonamides is 1. The average Bonchev–Trinajstić information content (AvgIpc) is 3.00. The summed E-state index contributed by atoms with van der Waals surface area (Å²) in [5, 5.41) is 1.73. The zero-order chi connectivity index (χ0) is 15.0. The number of nitrogens with zero attached hydrogens (tertiary/aromatic N) is 2. The molecule has 0 aliphatic carbocycles. The Morgan fingerprint density at radius 1 is 0.952 bits per heavy atom. The summed E-state index contributed by atoms with van der Waals surface area (Å²) in [6, 6.07) is 11.2. The van der Waals surface area contributed by atoms with E-state index in [1.54, 1.807) is 6.07 Å². The molecule has 1 heterocycles. The summed E-state index contributed by atoms with van der Waals surface area (Å²) in [5.74, 6) is 0. The fraction of sp³-hybridized carbons (Fsp3) is 0.250. The van der Waals surface area contributed by atoms with Crippen LogP contribution in [0.5, 0.6) is 0 Å². The molecule has 0 N–H and O–H groups in total. The molecule has 0 saturated heterocycles. The summed E-state index contributed by atoms with van der Waals surface area (Å²) in [6.07, 6.45) is 3.77. The van der Waals surface area contributed by atoms with E-state index in [-0.39, 0.29) is 0 Å². The van der Waals surface area contributed by atoms with E-state index in [2.05, 4.69) is 0 Å². The molecule has 0 atom stereocenters. The van der Waals surface area contributed by atoms with Crippen molar-refractivity contribution in [2.45, 2.75) is 4.90 Å². The van der Waals surface area contributed by atoms with Gasteiger partial charge in [0.1, 0.15) is 0 Å². The van der Waals surface area contributed by atoms with Crippen molar-refractivity contribution < 1.29 is 8.42 Å². The number of anilines is 1. The van der Waals surface area contributed by atoms with Crippen molar-refractivity contribution in [1.82, 2.24) is 4.31 Å². The Balaban J connectivity index is 2.22. The van der Waals surface area contributed by atoms with E-state index in [4.69, 9.17) is 0 Å². The van der Waals surface area contributed by atoms with Crippen molar-refractivity contribution in [2.24, 2.45) is 0 Å². The first kappa shape index (κ1) is 14.1. The van der Waals surface area contributed by atoms with Gasteiger partial charge in [0.15, 0.2) is 0 Å². The Morgan fingerprint density at radius 3 is 2.24 bits per heavy atom. The van der Waals surface area contributed by atoms with Crippen molar-refractivity contribution in [1.29, 1.82) is 0 Å². The highest BCUT2D eigenvalue weighted by molar-refractivity contribution is 7.89. The maximum Gasteiger partial charge on any atom is 0.244 e. The standard InChI is InChI=1S/C16H18N2O2S/c1-17(2)15-9-5-8-14-13(15)7-6-10-16(14)21(19,20)18-11-3-4-12-18/h3-10H,11-12H2,1-2H3. The van der Waals surface area contributed by atoms with E-state index in [0.717, 1.165) is 16.5 Å². The summed E-state index contributed by atoms with van der Waals surface area (Å²) < 4.78 is 27.1. The quantitative estimate of drug-likeness (QED) is 0.818. The van der Waals surface area contributed by atoms with Crippen LogP contribution in [-0.2, 0) is 10.0 Å². The molecule has 0 spiro atoms. The topological polar surface area (TPSA) is 40.6 Å². The van der Waals surface area contributed by atoms with Gasteiger partial charge in [-0.05, 0) is 12.1 Å². The van der Waals surface area contributed by atoms with E-state index in [9.17, 15) is 8.42 Å². The largest absolute Gasteiger partial charge is 0.377 e. The lowest BCUT2D eigenvalue weighted by Crippen LogP contribution is -2.28. The second-order valence-electron chi connectivity index (χ2n) is 5.32. The van der Waals surface area contributed by atoms with Crippen LogP contribution in [0.2, 0.25) is 0 Å². The van der Waals surface area contributed by atoms with Gasteiger partial charge in [-0.25, -0.2) is 8.42 Å². The van der Waals surface area contributed by atoms with Gasteiger partial charge in [-0.15, -0.1) is 0 Å². The second-order valence-corrected chi connectivity index (χ2v) is 7.22. The molecule has 21 heavy (non-hydrogen) atoms. The minimum atomic E-state index is -3.46. The molecule has 110 valence electrons. The molecule has 0 amide bonds. The Hall–Kier alpha value is -1.85. The minimum Gasteiger partial charge on any atom is -0.377 e. The highest BCUT2D eigenvalue weighted by Gasteiger charge is 2.26. The predicted octanol–water partition coefficient (Wildman–Crippen LogP) is 2.47. The number of hydrogen-bond acceptors (Lipinski definition) is 3. The van der Waals surface area contributed by atoms with Crippen LogP contribution in [-0.4, -0.2) is 39.9 Å². The Labute approximate surface area is 125 Å². The maximum absolute atomic E-state index is 12.8. The Kier molecular flexibility index (Phi) is 3.47. The molecule has 1 aliphatic rings. The summed E-state index contributed by atoms with van der Waals surface area (Å²) in [6.45, 7) is 0.901. The van der Waals surface area contributed by atoms with Crippen molar-refractivity contribution in [3.05, 3.63) is 48.6 Å². The molecule has 2 aromatic rings. The molecule has 4 nitrogen and oxygen atoms in total. The van der Waals surface area contributed by atoms with Crippen LogP contribution in [0.3, 0.4) is 0 Å². The number of hydrogen-bond donors (Lipinski definition) is 0. The first-order valence-electron chi connectivity index (χ1n) is 6.86. The molecule has 1 aliphatic heterocycles. The van der Waals surface area contributed by atoms with Gasteiger partial charge in [0.25, 0.3) is 0 Å². The maximum atomic E-state index is 12.8. The van der Waals surface area contributed by atoms with Gasteiger partial charge in [0.05, 0.1) is 4.90 Å². The van der Waals surface area contributed by atoms with Crippen LogP contribution < -0.4 is 4.90 Å². The molecule has 2 aromatic carbocycles. The molecule has 0 unspecified atom stereocenters. The summed E-state index contributed by atoms with van der Waals surface area (Å²) in [7, 11) is 0.462. The number of rotatable bonds is 3. The van der Waals surface area contributed by atoms with Crippen molar-refractivity contribution >= 4 is 26.5 Å². The molecule has 0 saturated carbocycles. The van der Waals surface area contributed by atoms with Crippen LogP contribution in [0, 0.1) is 0 Å². The summed E-state index contributed by atoms with van der Waals surface area (Å²) >= 11 is 0. The summed E-state index contributed by atoms with van der Waals surface area (Å²) in [5.41, 5.74) is 1.02. The van der Waals surface area contributed by atoms with E-state index in [1.165, 1.54) is 4.31 Å². The normalized spacial score (nSPS) is 15.7. The van der Waals surface area contributed by atoms with Gasteiger partial charge in [-0.2, -0.15) is 4.31 Å². The number of benzene rings is 2. The van der Waals surface area contributed by atoms with Crippen LogP contribution in [0.25, 0.3) is 10.8 Å². The average molecular weight is 302 g/mol. The lowest BCUT2D eigenvalue weighted by Gasteiger charge is -2.19. The van der Waals surface area contributed by atoms with E-state index in [1.807, 2.05) is 61.5 Å². The zero-order valence-electron chi connectivity index (χ0n) is 12.2. The Morgan fingerprint density at radius 2 is 1.57 bits per heavy atom. The van der Waals surface area contributed by atoms with Crippen molar-refractivity contribution in [3.63, 3.8) is 0 Å². The lowest BCUT2D eigenvalue weighted by molar-refractivity contribution is 0.489. The molecular formula is C16H18N2O2S. The van der Waals surface area contributed by atoms with Gasteiger partial charge >= 0.3 is 0 Å². The summed E-state index contributed by atoms with van der Waals surface area (Å²) in [4.78, 5) is 2.38. The third-order valence-electron chi connectivity index (χ3n) is 3.74. The van der Waals surface area contributed by atoms with Gasteiger partial charge in [0.2, 0.25) is 10.0 Å². The lowest BCUT2D eigenvalue weighted by atomic mass is 10.1. The van der Waals surface area contributed by atoms with Crippen LogP contribution in [0.15, 0.2) is 53.4 Å². The Bertz CT molecular complexity index is 802. The van der Waals surface area contributed by atoms with Gasteiger partial charge in [-0.1, -0.05) is 36.4 Å². The second kappa shape index (κ2) is 5.16. The third-order valence-corrected chi connectivity index (χ3v) is 5.63. The first-order valence-corrected chi connectivity index (χ1v) is 8.30. The van der Waals surface area contributed by atoms with Gasteiger partial charge in [-0.3, -0.25) is 0 Å². The van der Waals surface area contributed by atoms with Gasteiger partial charge in [0, 0.05) is 43.6 Å². The molecule has 0 bridgehead atoms. The van der Waals surface area contributed by atoms with Gasteiger partial charge < -0.3 is 4.90 Å². The zero-order valence-corrected chi connectivity index (χ0v) is 13.0. The van der Waals surface area contributed by atoms with Crippen molar-refractivity contribution in [3.8, 4) is 0 Å². The van der Waals surface area contributed by atoms with Crippen molar-refractivity contribution in [2.75, 3.05) is 32.1 Å². The van der Waals surface area contributed by atoms with E-state index in [0.29, 0.717) is 18.0 Å². The molecule has 0 aromatic heterocycles. The third kappa shape index (κ3) is 2.32. The first-order chi connectivity index (χ1) is 10.0. The molecular weight excluding hydrogens is 284 g/mol. The number of fused-ring (bicyclic) bond motifs is 1. The highest BCUT2D eigenvalue weighted by Crippen LogP contribution is 2.31. The minimum absolute atomic E-state index is 0.382. The molecule has 0 radical (unpaired) electrons. The fourth-order valence-electron chi connectivity index (χ4n) is 2.67. The van der Waals surface area contributed by atoms with E-state index < -0.39 is 10.0 Å². The molecule has 0 fully saturated rings. The fourth-order valence-corrected chi connectivity index (χ4v) is 4.22. The van der Waals surface area contributed by atoms with Crippen LogP contribution in [0.4, 0.5) is 5.69 Å². The molecule has 5 heteroatoms. The highest BCUT2D eigenvalue weighted by atomic mass is 32.2. The molecule has 3 rings (SSSR count). The predicted molar refractivity (Wildman–Crippen MR) is 86.2 cm³/mol.